The molecule has 0 aromatic rings. The molecule has 0 aromatic heterocycles. The summed E-state index contributed by atoms with van der Waals surface area (Å²) < 4.78 is 6.01. The van der Waals surface area contributed by atoms with Crippen LogP contribution in [-0.4, -0.2) is 23.1 Å². The van der Waals surface area contributed by atoms with Crippen LogP contribution in [0, 0.1) is 0 Å². The van der Waals surface area contributed by atoms with Gasteiger partial charge in [0, 0.05) is 12.8 Å². The average Bonchev–Trinajstić information content (AvgIpc) is 3.07. The normalized spacial score (nSPS) is 12.7. The fraction of sp³-hybridized carbons (Fsp3) is 0.773. The summed E-state index contributed by atoms with van der Waals surface area (Å²) in [7, 11) is 0. The molecule has 0 spiro atoms. The number of unbranched alkanes of at least 4 members (excludes halogenated alkanes) is 20. The Morgan fingerprint density at radius 2 is 0.812 bits per heavy atom. The Labute approximate surface area is 298 Å². The van der Waals surface area contributed by atoms with E-state index in [9.17, 15) is 9.59 Å². The third-order valence-corrected chi connectivity index (χ3v) is 9.05. The van der Waals surface area contributed by atoms with Gasteiger partial charge in [0.25, 0.3) is 0 Å². The summed E-state index contributed by atoms with van der Waals surface area (Å²) in [6, 6.07) is 0. The first-order valence-electron chi connectivity index (χ1n) is 20.6. The predicted molar refractivity (Wildman–Crippen MR) is 209 cm³/mol. The summed E-state index contributed by atoms with van der Waals surface area (Å²) in [6.45, 7) is 4.50. The van der Waals surface area contributed by atoms with Gasteiger partial charge in [0.1, 0.15) is 6.10 Å². The number of hydrogen-bond acceptors (Lipinski definition) is 3. The Morgan fingerprint density at radius 3 is 1.29 bits per heavy atom. The lowest BCUT2D eigenvalue weighted by molar-refractivity contribution is -0.150. The third-order valence-electron chi connectivity index (χ3n) is 9.05. The van der Waals surface area contributed by atoms with Crippen LogP contribution < -0.4 is 0 Å². The van der Waals surface area contributed by atoms with E-state index in [-0.39, 0.29) is 12.1 Å². The number of esters is 1. The fourth-order valence-electron chi connectivity index (χ4n) is 5.99. The van der Waals surface area contributed by atoms with Crippen LogP contribution in [0.25, 0.3) is 0 Å². The Kier molecular flexibility index (Phi) is 37.6. The number of carboxylic acid groups (broad SMARTS) is 1. The van der Waals surface area contributed by atoms with Gasteiger partial charge in [-0.25, -0.2) is 0 Å². The van der Waals surface area contributed by atoms with Crippen LogP contribution in [0.4, 0.5) is 0 Å². The predicted octanol–water partition coefficient (Wildman–Crippen LogP) is 14.3. The molecule has 0 aliphatic carbocycles. The number of rotatable bonds is 37. The molecule has 1 N–H and O–H groups in total. The molecule has 0 aliphatic heterocycles. The Hall–Kier alpha value is -2.10. The minimum atomic E-state index is -0.674. The first-order chi connectivity index (χ1) is 23.6. The number of hydrogen-bond donors (Lipinski definition) is 1. The average molecular weight is 671 g/mol. The highest BCUT2D eigenvalue weighted by molar-refractivity contribution is 5.69. The number of carboxylic acids is 1. The molecule has 278 valence electrons. The molecule has 0 aliphatic rings. The van der Waals surface area contributed by atoms with Crippen LogP contribution in [0.5, 0.6) is 0 Å². The van der Waals surface area contributed by atoms with Gasteiger partial charge in [-0.3, -0.25) is 9.59 Å². The summed E-state index contributed by atoms with van der Waals surface area (Å²) >= 11 is 0. The van der Waals surface area contributed by atoms with E-state index in [1.807, 2.05) is 0 Å². The van der Waals surface area contributed by atoms with E-state index in [0.29, 0.717) is 12.8 Å². The van der Waals surface area contributed by atoms with Crippen molar-refractivity contribution < 1.29 is 19.4 Å². The molecular formula is C44H78O4. The van der Waals surface area contributed by atoms with Crippen molar-refractivity contribution in [3.8, 4) is 0 Å². The lowest BCUT2D eigenvalue weighted by Crippen LogP contribution is -2.18. The molecule has 1 atom stereocenters. The van der Waals surface area contributed by atoms with Crippen LogP contribution >= 0.6 is 0 Å². The van der Waals surface area contributed by atoms with Crippen molar-refractivity contribution in [2.75, 3.05) is 0 Å². The second-order valence-electron chi connectivity index (χ2n) is 13.8. The van der Waals surface area contributed by atoms with Gasteiger partial charge in [0.2, 0.25) is 0 Å². The van der Waals surface area contributed by atoms with Crippen molar-refractivity contribution in [2.45, 2.75) is 219 Å². The van der Waals surface area contributed by atoms with E-state index < -0.39 is 5.97 Å². The number of carbonyl (C=O) groups is 2. The summed E-state index contributed by atoms with van der Waals surface area (Å²) in [5.74, 6) is -0.666. The molecule has 0 aromatic carbocycles. The molecule has 48 heavy (non-hydrogen) atoms. The molecule has 0 amide bonds. The van der Waals surface area contributed by atoms with Crippen molar-refractivity contribution >= 4 is 11.9 Å². The minimum absolute atomic E-state index is 0.00856. The van der Waals surface area contributed by atoms with E-state index in [1.54, 1.807) is 0 Å². The maximum atomic E-state index is 12.6. The van der Waals surface area contributed by atoms with Crippen LogP contribution in [0.15, 0.2) is 48.6 Å². The number of ether oxygens (including phenoxy) is 1. The summed E-state index contributed by atoms with van der Waals surface area (Å²) in [6.07, 6.45) is 52.9. The molecule has 0 saturated heterocycles. The van der Waals surface area contributed by atoms with Gasteiger partial charge in [-0.2, -0.15) is 0 Å². The lowest BCUT2D eigenvalue weighted by Gasteiger charge is -2.18. The molecule has 4 nitrogen and oxygen atoms in total. The first kappa shape index (κ1) is 45.9. The molecular weight excluding hydrogens is 592 g/mol. The molecule has 0 heterocycles. The zero-order valence-electron chi connectivity index (χ0n) is 31.8. The van der Waals surface area contributed by atoms with Crippen LogP contribution in [-0.2, 0) is 14.3 Å². The van der Waals surface area contributed by atoms with Crippen molar-refractivity contribution in [1.82, 2.24) is 0 Å². The standard InChI is InChI=1S/C44H78O4/c1-3-5-7-9-10-11-12-13-14-15-16-17-18-19-23-26-29-33-37-41-44(47)48-42(38-34-30-8-6-4-2)39-35-31-27-24-21-20-22-25-28-32-36-40-43(45)46/h10-11,13-14,16-17,19,23,42H,3-9,12,15,18,20-22,24-41H2,1-2H3,(H,45,46)/b11-10-,14-13-,17-16-,23-19-. The third kappa shape index (κ3) is 38.3. The molecule has 1 unspecified atom stereocenters. The first-order valence-corrected chi connectivity index (χ1v) is 20.6. The second kappa shape index (κ2) is 39.3. The quantitative estimate of drug-likeness (QED) is 0.0406. The van der Waals surface area contributed by atoms with Crippen molar-refractivity contribution in [3.05, 3.63) is 48.6 Å². The fourth-order valence-corrected chi connectivity index (χ4v) is 5.99. The number of allylic oxidation sites excluding steroid dienone is 8. The van der Waals surface area contributed by atoms with Crippen LogP contribution in [0.3, 0.4) is 0 Å². The Bertz CT molecular complexity index is 809. The largest absolute Gasteiger partial charge is 0.481 e. The van der Waals surface area contributed by atoms with E-state index in [1.165, 1.54) is 103 Å². The zero-order chi connectivity index (χ0) is 35.0. The molecule has 4 heteroatoms. The van der Waals surface area contributed by atoms with Crippen LogP contribution in [0.1, 0.15) is 213 Å². The smallest absolute Gasteiger partial charge is 0.306 e. The molecule has 0 rings (SSSR count). The van der Waals surface area contributed by atoms with Crippen molar-refractivity contribution in [2.24, 2.45) is 0 Å². The minimum Gasteiger partial charge on any atom is -0.481 e. The van der Waals surface area contributed by atoms with E-state index in [2.05, 4.69) is 62.5 Å². The summed E-state index contributed by atoms with van der Waals surface area (Å²) in [5.41, 5.74) is 0. The number of aliphatic carboxylic acids is 1. The SMILES string of the molecule is CCCCC/C=C\C/C=C\C/C=C\C/C=C\CCCCCC(=O)OC(CCCCCCC)CCCCCCCCCCCCCC(=O)O. The molecule has 0 saturated carbocycles. The van der Waals surface area contributed by atoms with Gasteiger partial charge in [-0.1, -0.05) is 165 Å². The monoisotopic (exact) mass is 671 g/mol. The Balaban J connectivity index is 3.95. The van der Waals surface area contributed by atoms with Gasteiger partial charge in [0.15, 0.2) is 0 Å². The van der Waals surface area contributed by atoms with Crippen molar-refractivity contribution in [3.63, 3.8) is 0 Å². The maximum absolute atomic E-state index is 12.6. The maximum Gasteiger partial charge on any atom is 0.306 e. The van der Waals surface area contributed by atoms with Gasteiger partial charge in [-0.05, 0) is 83.5 Å². The highest BCUT2D eigenvalue weighted by atomic mass is 16.5. The van der Waals surface area contributed by atoms with Crippen molar-refractivity contribution in [1.29, 1.82) is 0 Å². The van der Waals surface area contributed by atoms with Gasteiger partial charge >= 0.3 is 11.9 Å². The van der Waals surface area contributed by atoms with Crippen LogP contribution in [0.2, 0.25) is 0 Å². The van der Waals surface area contributed by atoms with Gasteiger partial charge in [-0.15, -0.1) is 0 Å². The summed E-state index contributed by atoms with van der Waals surface area (Å²) in [5, 5.41) is 8.70. The highest BCUT2D eigenvalue weighted by Crippen LogP contribution is 2.18. The summed E-state index contributed by atoms with van der Waals surface area (Å²) in [4.78, 5) is 23.2. The molecule has 0 fully saturated rings. The Morgan fingerprint density at radius 1 is 0.458 bits per heavy atom. The lowest BCUT2D eigenvalue weighted by atomic mass is 10.0. The number of carbonyl (C=O) groups excluding carboxylic acids is 1. The van der Waals surface area contributed by atoms with Gasteiger partial charge in [0.05, 0.1) is 0 Å². The molecule has 0 bridgehead atoms. The van der Waals surface area contributed by atoms with E-state index in [4.69, 9.17) is 9.84 Å². The highest BCUT2D eigenvalue weighted by Gasteiger charge is 2.14. The topological polar surface area (TPSA) is 63.6 Å². The van der Waals surface area contributed by atoms with E-state index in [0.717, 1.165) is 83.5 Å². The molecule has 0 radical (unpaired) electrons. The second-order valence-corrected chi connectivity index (χ2v) is 13.8. The zero-order valence-corrected chi connectivity index (χ0v) is 31.8. The van der Waals surface area contributed by atoms with E-state index >= 15 is 0 Å². The van der Waals surface area contributed by atoms with Gasteiger partial charge < -0.3 is 9.84 Å².